The van der Waals surface area contributed by atoms with Gasteiger partial charge in [0.25, 0.3) is 11.5 Å². The first kappa shape index (κ1) is 31.6. The Hall–Kier alpha value is -4.79. The van der Waals surface area contributed by atoms with Gasteiger partial charge in [-0.3, -0.25) is 14.2 Å². The number of benzene rings is 3. The molecule has 0 saturated heterocycles. The first-order valence-corrected chi connectivity index (χ1v) is 15.4. The highest BCUT2D eigenvalue weighted by Gasteiger charge is 2.33. The Balaban J connectivity index is 1.73. The largest absolute Gasteiger partial charge is 0.493 e. The number of aromatic nitrogens is 1. The third-order valence-electron chi connectivity index (χ3n) is 7.24. The van der Waals surface area contributed by atoms with Crippen molar-refractivity contribution in [3.8, 4) is 35.3 Å². The summed E-state index contributed by atoms with van der Waals surface area (Å²) in [4.78, 5) is 33.5. The minimum Gasteiger partial charge on any atom is -0.493 e. The maximum Gasteiger partial charge on any atom is 0.271 e. The second-order valence-electron chi connectivity index (χ2n) is 9.98. The molecule has 0 unspecified atom stereocenters. The number of rotatable bonds is 9. The molecule has 1 aliphatic heterocycles. The maximum absolute atomic E-state index is 14.3. The van der Waals surface area contributed by atoms with Crippen molar-refractivity contribution in [3.05, 3.63) is 107 Å². The average molecular weight is 689 g/mol. The van der Waals surface area contributed by atoms with Crippen LogP contribution in [0.2, 0.25) is 0 Å². The standard InChI is InChI=1S/C34H30BrN3O6S/c1-7-14-44-31-22(15-23(35)18-27(31)43-6)17-28-33(40)38-30(21-12-13-25(41-4)26(16-21)42-5)29(20(3)36-34(38)45-28)32(39)37-24-11-9-8-10-19(24)2/h1,8-13,15-18,30H,14H2,2-6H3,(H,37,39)/b28-17-/t30-/m1/s1. The Kier molecular flexibility index (Phi) is 9.46. The number of hydrogen-bond donors (Lipinski definition) is 1. The molecule has 3 aromatic carbocycles. The van der Waals surface area contributed by atoms with E-state index in [-0.39, 0.29) is 18.1 Å². The number of allylic oxidation sites excluding steroid dienone is 1. The van der Waals surface area contributed by atoms with E-state index < -0.39 is 6.04 Å². The van der Waals surface area contributed by atoms with Gasteiger partial charge in [0.15, 0.2) is 27.8 Å². The average Bonchev–Trinajstić information content (AvgIpc) is 3.33. The number of para-hydroxylation sites is 1. The lowest BCUT2D eigenvalue weighted by Crippen LogP contribution is -2.40. The third kappa shape index (κ3) is 6.25. The number of carbonyl (C=O) groups is 1. The van der Waals surface area contributed by atoms with Crippen molar-refractivity contribution in [3.63, 3.8) is 0 Å². The second kappa shape index (κ2) is 13.5. The molecule has 4 aromatic rings. The van der Waals surface area contributed by atoms with Gasteiger partial charge in [0.2, 0.25) is 0 Å². The van der Waals surface area contributed by atoms with Gasteiger partial charge in [0, 0.05) is 15.7 Å². The van der Waals surface area contributed by atoms with E-state index in [1.54, 1.807) is 38.3 Å². The molecule has 230 valence electrons. The van der Waals surface area contributed by atoms with Gasteiger partial charge in [-0.25, -0.2) is 4.99 Å². The van der Waals surface area contributed by atoms with E-state index in [9.17, 15) is 9.59 Å². The Labute approximate surface area is 272 Å². The lowest BCUT2D eigenvalue weighted by atomic mass is 9.94. The van der Waals surface area contributed by atoms with E-state index >= 15 is 0 Å². The number of thiazole rings is 1. The zero-order valence-corrected chi connectivity index (χ0v) is 27.7. The predicted octanol–water partition coefficient (Wildman–Crippen LogP) is 4.98. The second-order valence-corrected chi connectivity index (χ2v) is 11.9. The van der Waals surface area contributed by atoms with Gasteiger partial charge in [0.05, 0.1) is 43.2 Å². The van der Waals surface area contributed by atoms with Crippen LogP contribution in [0.5, 0.6) is 23.0 Å². The molecule has 9 nitrogen and oxygen atoms in total. The number of nitrogens with zero attached hydrogens (tertiary/aromatic N) is 2. The number of carbonyl (C=O) groups excluding carboxylic acids is 1. The number of terminal acetylenes is 1. The number of aryl methyl sites for hydroxylation is 1. The van der Waals surface area contributed by atoms with Crippen molar-refractivity contribution in [2.45, 2.75) is 19.9 Å². The molecular formula is C34H30BrN3O6S. The van der Waals surface area contributed by atoms with E-state index in [2.05, 4.69) is 27.2 Å². The topological polar surface area (TPSA) is 100 Å². The van der Waals surface area contributed by atoms with Crippen molar-refractivity contribution in [2.75, 3.05) is 33.3 Å². The molecule has 1 aliphatic rings. The van der Waals surface area contributed by atoms with E-state index in [1.807, 2.05) is 43.3 Å². The first-order valence-electron chi connectivity index (χ1n) is 13.8. The van der Waals surface area contributed by atoms with Crippen molar-refractivity contribution in [2.24, 2.45) is 4.99 Å². The van der Waals surface area contributed by atoms with Crippen LogP contribution in [0.4, 0.5) is 5.69 Å². The summed E-state index contributed by atoms with van der Waals surface area (Å²) in [5, 5.41) is 3.02. The molecule has 0 spiro atoms. The first-order chi connectivity index (χ1) is 21.7. The quantitative estimate of drug-likeness (QED) is 0.249. The Morgan fingerprint density at radius 2 is 1.80 bits per heavy atom. The molecule has 5 rings (SSSR count). The van der Waals surface area contributed by atoms with Crippen LogP contribution in [0.3, 0.4) is 0 Å². The monoisotopic (exact) mass is 687 g/mol. The van der Waals surface area contributed by atoms with Crippen LogP contribution >= 0.6 is 27.3 Å². The minimum absolute atomic E-state index is 0.0118. The fourth-order valence-corrected chi connectivity index (χ4v) is 6.60. The number of nitrogens with one attached hydrogen (secondary N) is 1. The van der Waals surface area contributed by atoms with Gasteiger partial charge in [-0.1, -0.05) is 57.5 Å². The van der Waals surface area contributed by atoms with Gasteiger partial charge in [-0.15, -0.1) is 6.42 Å². The number of hydrogen-bond acceptors (Lipinski definition) is 8. The summed E-state index contributed by atoms with van der Waals surface area (Å²) in [5.74, 6) is 3.92. The fourth-order valence-electron chi connectivity index (χ4n) is 5.11. The highest BCUT2D eigenvalue weighted by Crippen LogP contribution is 2.37. The van der Waals surface area contributed by atoms with Crippen molar-refractivity contribution in [1.29, 1.82) is 0 Å². The van der Waals surface area contributed by atoms with Crippen LogP contribution in [0.25, 0.3) is 6.08 Å². The highest BCUT2D eigenvalue weighted by molar-refractivity contribution is 9.10. The number of ether oxygens (including phenoxy) is 4. The zero-order valence-electron chi connectivity index (χ0n) is 25.3. The third-order valence-corrected chi connectivity index (χ3v) is 8.68. The summed E-state index contributed by atoms with van der Waals surface area (Å²) in [6.45, 7) is 3.69. The molecule has 1 atom stereocenters. The van der Waals surface area contributed by atoms with Crippen LogP contribution in [0, 0.1) is 19.3 Å². The normalized spacial score (nSPS) is 14.2. The molecule has 0 fully saturated rings. The number of amides is 1. The summed E-state index contributed by atoms with van der Waals surface area (Å²) in [7, 11) is 4.61. The van der Waals surface area contributed by atoms with E-state index in [4.69, 9.17) is 30.4 Å². The summed E-state index contributed by atoms with van der Waals surface area (Å²) in [6, 6.07) is 15.6. The number of halogens is 1. The van der Waals surface area contributed by atoms with Gasteiger partial charge in [-0.2, -0.15) is 0 Å². The van der Waals surface area contributed by atoms with Crippen LogP contribution in [-0.2, 0) is 4.79 Å². The van der Waals surface area contributed by atoms with Gasteiger partial charge >= 0.3 is 0 Å². The fraction of sp³-hybridized carbons (Fsp3) is 0.206. The highest BCUT2D eigenvalue weighted by atomic mass is 79.9. The molecule has 0 bridgehead atoms. The lowest BCUT2D eigenvalue weighted by molar-refractivity contribution is -0.113. The Morgan fingerprint density at radius 1 is 1.07 bits per heavy atom. The summed E-state index contributed by atoms with van der Waals surface area (Å²) < 4.78 is 25.0. The molecule has 0 aliphatic carbocycles. The number of methoxy groups -OCH3 is 3. The Bertz CT molecular complexity index is 2060. The zero-order chi connectivity index (χ0) is 32.2. The van der Waals surface area contributed by atoms with Crippen molar-refractivity contribution < 1.29 is 23.7 Å². The van der Waals surface area contributed by atoms with Crippen LogP contribution < -0.4 is 39.2 Å². The van der Waals surface area contributed by atoms with Crippen LogP contribution in [0.1, 0.15) is 29.7 Å². The van der Waals surface area contributed by atoms with E-state index in [0.29, 0.717) is 60.4 Å². The summed E-state index contributed by atoms with van der Waals surface area (Å²) in [5.41, 5.74) is 3.26. The van der Waals surface area contributed by atoms with Crippen molar-refractivity contribution >= 4 is 44.9 Å². The molecule has 2 heterocycles. The van der Waals surface area contributed by atoms with Gasteiger partial charge in [-0.05, 0) is 61.4 Å². The number of anilines is 1. The molecule has 1 N–H and O–H groups in total. The van der Waals surface area contributed by atoms with E-state index in [0.717, 1.165) is 10.0 Å². The van der Waals surface area contributed by atoms with Gasteiger partial charge in [0.1, 0.15) is 6.61 Å². The molecular weight excluding hydrogens is 658 g/mol. The maximum atomic E-state index is 14.3. The number of fused-ring (bicyclic) bond motifs is 1. The molecule has 0 radical (unpaired) electrons. The summed E-state index contributed by atoms with van der Waals surface area (Å²) >= 11 is 4.71. The summed E-state index contributed by atoms with van der Waals surface area (Å²) in [6.07, 6.45) is 7.16. The van der Waals surface area contributed by atoms with Crippen LogP contribution in [-0.4, -0.2) is 38.4 Å². The van der Waals surface area contributed by atoms with Crippen LogP contribution in [0.15, 0.2) is 80.1 Å². The smallest absolute Gasteiger partial charge is 0.271 e. The minimum atomic E-state index is -0.818. The molecule has 0 saturated carbocycles. The molecule has 11 heteroatoms. The lowest BCUT2D eigenvalue weighted by Gasteiger charge is -2.26. The SMILES string of the molecule is C#CCOc1c(/C=c2\sc3n(c2=O)[C@H](c2ccc(OC)c(OC)c2)C(C(=O)Nc2ccccc2C)=C(C)N=3)cc(Br)cc1OC. The Morgan fingerprint density at radius 3 is 2.49 bits per heavy atom. The molecule has 45 heavy (non-hydrogen) atoms. The molecule has 1 amide bonds. The van der Waals surface area contributed by atoms with E-state index in [1.165, 1.54) is 30.1 Å². The van der Waals surface area contributed by atoms with Gasteiger partial charge < -0.3 is 24.3 Å². The molecule has 1 aromatic heterocycles. The predicted molar refractivity (Wildman–Crippen MR) is 178 cm³/mol. The van der Waals surface area contributed by atoms with Crippen molar-refractivity contribution in [1.82, 2.24) is 4.57 Å².